The van der Waals surface area contributed by atoms with E-state index in [1.54, 1.807) is 35.2 Å². The van der Waals surface area contributed by atoms with Crippen LogP contribution in [0.1, 0.15) is 0 Å². The second-order valence-corrected chi connectivity index (χ2v) is 6.45. The summed E-state index contributed by atoms with van der Waals surface area (Å²) in [4.78, 5) is 26.6. The molecule has 0 radical (unpaired) electrons. The molecule has 9 nitrogen and oxygen atoms in total. The Balaban J connectivity index is 1.27. The van der Waals surface area contributed by atoms with Crippen molar-refractivity contribution < 1.29 is 23.9 Å². The number of non-ortho nitro benzene ring substituents is 1. The zero-order chi connectivity index (χ0) is 19.5. The number of hydrogen-bond donors (Lipinski definition) is 0. The minimum atomic E-state index is -0.416. The summed E-state index contributed by atoms with van der Waals surface area (Å²) in [5.41, 5.74) is 0.979. The van der Waals surface area contributed by atoms with Crippen molar-refractivity contribution in [2.24, 2.45) is 0 Å². The number of benzene rings is 2. The molecule has 0 N–H and O–H groups in total. The van der Waals surface area contributed by atoms with Gasteiger partial charge in [0.25, 0.3) is 11.6 Å². The van der Waals surface area contributed by atoms with Crippen molar-refractivity contribution in [3.8, 4) is 17.2 Å². The molecule has 2 heterocycles. The van der Waals surface area contributed by atoms with Gasteiger partial charge in [-0.3, -0.25) is 14.9 Å². The molecule has 2 aromatic carbocycles. The standard InChI is InChI=1S/C19H19N3O6/c23-19(12-26-16-5-6-17-18(11-16)28-13-27-17)21-9-7-20(8-10-21)14-1-3-15(4-2-14)22(24)25/h1-6,11H,7-10,12-13H2. The second-order valence-electron chi connectivity index (χ2n) is 6.45. The topological polar surface area (TPSA) is 94.4 Å². The molecule has 1 amide bonds. The normalized spacial score (nSPS) is 15.4. The number of nitro benzene ring substituents is 1. The molecule has 2 aromatic rings. The number of carbonyl (C=O) groups excluding carboxylic acids is 1. The summed E-state index contributed by atoms with van der Waals surface area (Å²) in [5.74, 6) is 1.76. The van der Waals surface area contributed by atoms with E-state index in [4.69, 9.17) is 14.2 Å². The Hall–Kier alpha value is -3.49. The molecule has 1 fully saturated rings. The van der Waals surface area contributed by atoms with Gasteiger partial charge in [-0.2, -0.15) is 0 Å². The number of hydrogen-bond acceptors (Lipinski definition) is 7. The van der Waals surface area contributed by atoms with E-state index in [1.807, 2.05) is 0 Å². The minimum absolute atomic E-state index is 0.0445. The molecule has 28 heavy (non-hydrogen) atoms. The summed E-state index contributed by atoms with van der Waals surface area (Å²) in [6.45, 7) is 2.61. The van der Waals surface area contributed by atoms with Gasteiger partial charge in [0.15, 0.2) is 18.1 Å². The van der Waals surface area contributed by atoms with E-state index < -0.39 is 4.92 Å². The zero-order valence-electron chi connectivity index (χ0n) is 15.1. The Morgan fingerprint density at radius 1 is 1.04 bits per heavy atom. The predicted octanol–water partition coefficient (Wildman–Crippen LogP) is 2.05. The van der Waals surface area contributed by atoms with Crippen LogP contribution in [-0.2, 0) is 4.79 Å². The van der Waals surface area contributed by atoms with Crippen LogP contribution in [-0.4, -0.2) is 55.3 Å². The third-order valence-corrected chi connectivity index (χ3v) is 4.76. The first-order chi connectivity index (χ1) is 13.6. The van der Waals surface area contributed by atoms with Gasteiger partial charge in [-0.05, 0) is 24.3 Å². The number of nitrogens with zero attached hydrogens (tertiary/aromatic N) is 3. The van der Waals surface area contributed by atoms with Crippen LogP contribution in [0.4, 0.5) is 11.4 Å². The summed E-state index contributed by atoms with van der Waals surface area (Å²) in [6, 6.07) is 11.7. The first-order valence-corrected chi connectivity index (χ1v) is 8.90. The molecule has 2 aliphatic rings. The lowest BCUT2D eigenvalue weighted by Gasteiger charge is -2.36. The maximum Gasteiger partial charge on any atom is 0.269 e. The molecule has 2 aliphatic heterocycles. The number of ether oxygens (including phenoxy) is 3. The number of amides is 1. The highest BCUT2D eigenvalue weighted by Gasteiger charge is 2.22. The molecule has 0 bridgehead atoms. The number of nitro groups is 1. The number of anilines is 1. The molecule has 0 atom stereocenters. The Bertz CT molecular complexity index is 878. The lowest BCUT2D eigenvalue weighted by atomic mass is 10.2. The van der Waals surface area contributed by atoms with Crippen molar-refractivity contribution in [2.45, 2.75) is 0 Å². The summed E-state index contributed by atoms with van der Waals surface area (Å²) < 4.78 is 16.1. The maximum atomic E-state index is 12.4. The molecule has 146 valence electrons. The first kappa shape index (κ1) is 17.9. The van der Waals surface area contributed by atoms with Crippen LogP contribution in [0.5, 0.6) is 17.2 Å². The van der Waals surface area contributed by atoms with Gasteiger partial charge in [0.05, 0.1) is 4.92 Å². The van der Waals surface area contributed by atoms with Crippen molar-refractivity contribution >= 4 is 17.3 Å². The minimum Gasteiger partial charge on any atom is -0.484 e. The largest absolute Gasteiger partial charge is 0.484 e. The van der Waals surface area contributed by atoms with Gasteiger partial charge in [-0.25, -0.2) is 0 Å². The van der Waals surface area contributed by atoms with Crippen LogP contribution in [0, 0.1) is 10.1 Å². The average Bonchev–Trinajstić information content (AvgIpc) is 3.20. The summed E-state index contributed by atoms with van der Waals surface area (Å²) >= 11 is 0. The Morgan fingerprint density at radius 3 is 2.46 bits per heavy atom. The lowest BCUT2D eigenvalue weighted by Crippen LogP contribution is -2.50. The van der Waals surface area contributed by atoms with E-state index in [2.05, 4.69) is 4.90 Å². The first-order valence-electron chi connectivity index (χ1n) is 8.90. The van der Waals surface area contributed by atoms with Crippen molar-refractivity contribution in [1.29, 1.82) is 0 Å². The average molecular weight is 385 g/mol. The van der Waals surface area contributed by atoms with Gasteiger partial charge in [-0.1, -0.05) is 0 Å². The Morgan fingerprint density at radius 2 is 1.75 bits per heavy atom. The fraction of sp³-hybridized carbons (Fsp3) is 0.316. The van der Waals surface area contributed by atoms with Gasteiger partial charge >= 0.3 is 0 Å². The van der Waals surface area contributed by atoms with Gasteiger partial charge in [0, 0.05) is 50.1 Å². The highest BCUT2D eigenvalue weighted by molar-refractivity contribution is 5.78. The summed E-state index contributed by atoms with van der Waals surface area (Å²) in [7, 11) is 0. The highest BCUT2D eigenvalue weighted by atomic mass is 16.7. The molecular formula is C19H19N3O6. The second kappa shape index (κ2) is 7.63. The van der Waals surface area contributed by atoms with E-state index in [9.17, 15) is 14.9 Å². The SMILES string of the molecule is O=C(COc1ccc2c(c1)OCO2)N1CCN(c2ccc([N+](=O)[O-])cc2)CC1. The van der Waals surface area contributed by atoms with E-state index in [0.29, 0.717) is 43.4 Å². The molecule has 4 rings (SSSR count). The molecule has 0 aromatic heterocycles. The third kappa shape index (κ3) is 3.78. The van der Waals surface area contributed by atoms with Gasteiger partial charge < -0.3 is 24.0 Å². The summed E-state index contributed by atoms with van der Waals surface area (Å²) in [6.07, 6.45) is 0. The highest BCUT2D eigenvalue weighted by Crippen LogP contribution is 2.35. The zero-order valence-corrected chi connectivity index (χ0v) is 15.1. The van der Waals surface area contributed by atoms with E-state index in [1.165, 1.54) is 12.1 Å². The Kier molecular flexibility index (Phi) is 4.88. The smallest absolute Gasteiger partial charge is 0.269 e. The van der Waals surface area contributed by atoms with Gasteiger partial charge in [0.2, 0.25) is 6.79 Å². The third-order valence-electron chi connectivity index (χ3n) is 4.76. The van der Waals surface area contributed by atoms with Crippen LogP contribution >= 0.6 is 0 Å². The Labute approximate surface area is 161 Å². The van der Waals surface area contributed by atoms with E-state index in [-0.39, 0.29) is 25.0 Å². The van der Waals surface area contributed by atoms with Crippen LogP contribution in [0.15, 0.2) is 42.5 Å². The molecular weight excluding hydrogens is 366 g/mol. The molecule has 1 saturated heterocycles. The predicted molar refractivity (Wildman–Crippen MR) is 99.9 cm³/mol. The maximum absolute atomic E-state index is 12.4. The monoisotopic (exact) mass is 385 g/mol. The van der Waals surface area contributed by atoms with Crippen molar-refractivity contribution in [1.82, 2.24) is 4.90 Å². The number of carbonyl (C=O) groups is 1. The van der Waals surface area contributed by atoms with Crippen molar-refractivity contribution in [2.75, 3.05) is 44.5 Å². The van der Waals surface area contributed by atoms with Gasteiger partial charge in [-0.15, -0.1) is 0 Å². The molecule has 0 unspecified atom stereocenters. The molecule has 9 heteroatoms. The van der Waals surface area contributed by atoms with Crippen LogP contribution < -0.4 is 19.1 Å². The number of fused-ring (bicyclic) bond motifs is 1. The molecule has 0 aliphatic carbocycles. The molecule has 0 saturated carbocycles. The van der Waals surface area contributed by atoms with Crippen LogP contribution in [0.3, 0.4) is 0 Å². The summed E-state index contributed by atoms with van der Waals surface area (Å²) in [5, 5.41) is 10.7. The van der Waals surface area contributed by atoms with Crippen molar-refractivity contribution in [3.63, 3.8) is 0 Å². The number of rotatable bonds is 5. The van der Waals surface area contributed by atoms with Crippen LogP contribution in [0.25, 0.3) is 0 Å². The van der Waals surface area contributed by atoms with Gasteiger partial charge in [0.1, 0.15) is 5.75 Å². The fourth-order valence-electron chi connectivity index (χ4n) is 3.20. The molecule has 0 spiro atoms. The van der Waals surface area contributed by atoms with Crippen LogP contribution in [0.2, 0.25) is 0 Å². The lowest BCUT2D eigenvalue weighted by molar-refractivity contribution is -0.384. The number of piperazine rings is 1. The fourth-order valence-corrected chi connectivity index (χ4v) is 3.20. The quantitative estimate of drug-likeness (QED) is 0.574. The van der Waals surface area contributed by atoms with E-state index >= 15 is 0 Å². The van der Waals surface area contributed by atoms with E-state index in [0.717, 1.165) is 5.69 Å². The van der Waals surface area contributed by atoms with Crippen molar-refractivity contribution in [3.05, 3.63) is 52.6 Å².